The molecule has 90 valence electrons. The standard InChI is InChI=1S/C13H19BrO2/c1-2-3-7-10(14)11-12(15)16-13(11)8-5-4-6-9-13/h2-9H2,1H3/b11-10+. The van der Waals surface area contributed by atoms with E-state index in [-0.39, 0.29) is 11.6 Å². The molecule has 2 nitrogen and oxygen atoms in total. The van der Waals surface area contributed by atoms with Gasteiger partial charge < -0.3 is 4.74 Å². The first-order valence-electron chi connectivity index (χ1n) is 6.32. The molecule has 0 aromatic heterocycles. The first-order valence-corrected chi connectivity index (χ1v) is 7.11. The summed E-state index contributed by atoms with van der Waals surface area (Å²) < 4.78 is 6.54. The number of hydrogen-bond donors (Lipinski definition) is 0. The average Bonchev–Trinajstić information content (AvgIpc) is 2.27. The number of carbonyl (C=O) groups excluding carboxylic acids is 1. The highest BCUT2D eigenvalue weighted by Crippen LogP contribution is 2.48. The minimum atomic E-state index is -0.206. The molecule has 1 saturated heterocycles. The van der Waals surface area contributed by atoms with E-state index in [1.807, 2.05) is 0 Å². The molecule has 0 atom stereocenters. The van der Waals surface area contributed by atoms with Crippen LogP contribution in [0.1, 0.15) is 58.3 Å². The summed E-state index contributed by atoms with van der Waals surface area (Å²) in [4.78, 5) is 11.6. The second-order valence-corrected chi connectivity index (χ2v) is 5.79. The van der Waals surface area contributed by atoms with Crippen molar-refractivity contribution in [3.05, 3.63) is 10.1 Å². The van der Waals surface area contributed by atoms with E-state index < -0.39 is 0 Å². The van der Waals surface area contributed by atoms with Crippen molar-refractivity contribution in [2.24, 2.45) is 0 Å². The van der Waals surface area contributed by atoms with E-state index in [9.17, 15) is 4.79 Å². The van der Waals surface area contributed by atoms with E-state index in [4.69, 9.17) is 4.74 Å². The zero-order chi connectivity index (χ0) is 11.6. The molecule has 16 heavy (non-hydrogen) atoms. The maximum absolute atomic E-state index is 11.6. The topological polar surface area (TPSA) is 26.3 Å². The Morgan fingerprint density at radius 1 is 1.38 bits per heavy atom. The van der Waals surface area contributed by atoms with Gasteiger partial charge in [-0.2, -0.15) is 0 Å². The number of esters is 1. The lowest BCUT2D eigenvalue weighted by Crippen LogP contribution is -2.52. The minimum absolute atomic E-state index is 0.0927. The van der Waals surface area contributed by atoms with Gasteiger partial charge in [-0.3, -0.25) is 0 Å². The lowest BCUT2D eigenvalue weighted by Gasteiger charge is -2.46. The van der Waals surface area contributed by atoms with E-state index >= 15 is 0 Å². The summed E-state index contributed by atoms with van der Waals surface area (Å²) in [7, 11) is 0. The second-order valence-electron chi connectivity index (χ2n) is 4.83. The van der Waals surface area contributed by atoms with Gasteiger partial charge in [0.15, 0.2) is 0 Å². The molecule has 2 aliphatic rings. The number of hydrogen-bond acceptors (Lipinski definition) is 2. The van der Waals surface area contributed by atoms with Crippen molar-refractivity contribution in [3.63, 3.8) is 0 Å². The molecule has 0 bridgehead atoms. The fourth-order valence-electron chi connectivity index (χ4n) is 2.71. The Labute approximate surface area is 106 Å². The van der Waals surface area contributed by atoms with Gasteiger partial charge in [-0.25, -0.2) is 4.79 Å². The van der Waals surface area contributed by atoms with Crippen molar-refractivity contribution in [1.82, 2.24) is 0 Å². The molecule has 2 fully saturated rings. The van der Waals surface area contributed by atoms with Crippen LogP contribution in [0.5, 0.6) is 0 Å². The molecule has 0 aromatic rings. The summed E-state index contributed by atoms with van der Waals surface area (Å²) in [6.07, 6.45) is 8.96. The van der Waals surface area contributed by atoms with E-state index in [2.05, 4.69) is 22.9 Å². The normalized spacial score (nSPS) is 26.2. The van der Waals surface area contributed by atoms with Gasteiger partial charge in [-0.15, -0.1) is 0 Å². The fraction of sp³-hybridized carbons (Fsp3) is 0.769. The van der Waals surface area contributed by atoms with Gasteiger partial charge >= 0.3 is 5.97 Å². The average molecular weight is 287 g/mol. The molecule has 0 N–H and O–H groups in total. The monoisotopic (exact) mass is 286 g/mol. The Bertz CT molecular complexity index is 314. The lowest BCUT2D eigenvalue weighted by molar-refractivity contribution is -0.176. The highest BCUT2D eigenvalue weighted by atomic mass is 79.9. The fourth-order valence-corrected chi connectivity index (χ4v) is 3.51. The highest BCUT2D eigenvalue weighted by molar-refractivity contribution is 9.11. The Morgan fingerprint density at radius 3 is 2.62 bits per heavy atom. The SMILES string of the molecule is CCCC/C(Br)=C1/C(=O)OC12CCCCC2. The van der Waals surface area contributed by atoms with Gasteiger partial charge in [0.2, 0.25) is 0 Å². The molecule has 0 radical (unpaired) electrons. The molecule has 2 rings (SSSR count). The molecule has 0 unspecified atom stereocenters. The molecule has 0 amide bonds. The molecular formula is C13H19BrO2. The van der Waals surface area contributed by atoms with Gasteiger partial charge in [0.25, 0.3) is 0 Å². The number of rotatable bonds is 3. The smallest absolute Gasteiger partial charge is 0.339 e. The largest absolute Gasteiger partial charge is 0.450 e. The maximum Gasteiger partial charge on any atom is 0.339 e. The first-order chi connectivity index (χ1) is 7.69. The first kappa shape index (κ1) is 12.2. The van der Waals surface area contributed by atoms with Gasteiger partial charge in [-0.05, 0) is 38.5 Å². The van der Waals surface area contributed by atoms with E-state index in [1.165, 1.54) is 19.3 Å². The summed E-state index contributed by atoms with van der Waals surface area (Å²) in [5, 5.41) is 0. The summed E-state index contributed by atoms with van der Waals surface area (Å²) in [5.74, 6) is -0.0927. The lowest BCUT2D eigenvalue weighted by atomic mass is 9.75. The van der Waals surface area contributed by atoms with E-state index in [0.717, 1.165) is 42.2 Å². The van der Waals surface area contributed by atoms with Crippen LogP contribution >= 0.6 is 15.9 Å². The Morgan fingerprint density at radius 2 is 2.06 bits per heavy atom. The third kappa shape index (κ3) is 2.06. The number of unbranched alkanes of at least 4 members (excludes halogenated alkanes) is 1. The quantitative estimate of drug-likeness (QED) is 0.577. The van der Waals surface area contributed by atoms with Crippen molar-refractivity contribution in [1.29, 1.82) is 0 Å². The number of allylic oxidation sites excluding steroid dienone is 1. The van der Waals surface area contributed by atoms with E-state index in [1.54, 1.807) is 0 Å². The zero-order valence-corrected chi connectivity index (χ0v) is 11.4. The van der Waals surface area contributed by atoms with Gasteiger partial charge in [0.05, 0.1) is 5.57 Å². The predicted molar refractivity (Wildman–Crippen MR) is 67.4 cm³/mol. The van der Waals surface area contributed by atoms with Crippen molar-refractivity contribution in [2.45, 2.75) is 63.9 Å². The summed E-state index contributed by atoms with van der Waals surface area (Å²) in [6, 6.07) is 0. The van der Waals surface area contributed by atoms with Gasteiger partial charge in [0.1, 0.15) is 5.60 Å². The molecule has 1 heterocycles. The van der Waals surface area contributed by atoms with E-state index in [0.29, 0.717) is 0 Å². The third-order valence-corrected chi connectivity index (χ3v) is 4.42. The summed E-state index contributed by atoms with van der Waals surface area (Å²) in [5.41, 5.74) is 0.739. The van der Waals surface area contributed by atoms with Crippen molar-refractivity contribution in [3.8, 4) is 0 Å². The van der Waals surface area contributed by atoms with Crippen LogP contribution in [0, 0.1) is 0 Å². The third-order valence-electron chi connectivity index (χ3n) is 3.63. The molecule has 1 aliphatic heterocycles. The predicted octanol–water partition coefficient (Wildman–Crippen LogP) is 4.09. The number of ether oxygens (including phenoxy) is 1. The number of carbonyl (C=O) groups is 1. The van der Waals surface area contributed by atoms with Crippen LogP contribution in [0.2, 0.25) is 0 Å². The van der Waals surface area contributed by atoms with Crippen LogP contribution in [-0.4, -0.2) is 11.6 Å². The Kier molecular flexibility index (Phi) is 3.73. The van der Waals surface area contributed by atoms with Crippen LogP contribution in [-0.2, 0) is 9.53 Å². The number of halogens is 1. The molecule has 1 aliphatic carbocycles. The van der Waals surface area contributed by atoms with Crippen molar-refractivity contribution < 1.29 is 9.53 Å². The Balaban J connectivity index is 2.13. The highest BCUT2D eigenvalue weighted by Gasteiger charge is 2.52. The summed E-state index contributed by atoms with van der Waals surface area (Å²) in [6.45, 7) is 2.17. The zero-order valence-electron chi connectivity index (χ0n) is 9.85. The molecule has 0 aromatic carbocycles. The molecule has 1 spiro atoms. The van der Waals surface area contributed by atoms with Crippen LogP contribution in [0.4, 0.5) is 0 Å². The van der Waals surface area contributed by atoms with Crippen LogP contribution in [0.25, 0.3) is 0 Å². The molecular weight excluding hydrogens is 268 g/mol. The van der Waals surface area contributed by atoms with Crippen LogP contribution in [0.3, 0.4) is 0 Å². The molecule has 3 heteroatoms. The molecule has 1 saturated carbocycles. The Hall–Kier alpha value is -0.310. The van der Waals surface area contributed by atoms with Gasteiger partial charge in [0, 0.05) is 4.48 Å². The summed E-state index contributed by atoms with van der Waals surface area (Å²) >= 11 is 3.59. The minimum Gasteiger partial charge on any atom is -0.450 e. The van der Waals surface area contributed by atoms with Crippen molar-refractivity contribution in [2.75, 3.05) is 0 Å². The van der Waals surface area contributed by atoms with Crippen LogP contribution < -0.4 is 0 Å². The second kappa shape index (κ2) is 4.91. The van der Waals surface area contributed by atoms with Crippen molar-refractivity contribution >= 4 is 21.9 Å². The van der Waals surface area contributed by atoms with Gasteiger partial charge in [-0.1, -0.05) is 35.7 Å². The van der Waals surface area contributed by atoms with Crippen LogP contribution in [0.15, 0.2) is 10.1 Å². The maximum atomic E-state index is 11.6.